The second-order valence-corrected chi connectivity index (χ2v) is 5.98. The van der Waals surface area contributed by atoms with E-state index in [2.05, 4.69) is 17.6 Å². The number of carbonyl (C=O) groups excluding carboxylic acids is 2. The summed E-state index contributed by atoms with van der Waals surface area (Å²) in [6, 6.07) is -0.566. The van der Waals surface area contributed by atoms with Crippen LogP contribution < -0.4 is 16.4 Å². The standard InChI is InChI=1S/C14H27N3O2.ClH/c1-9(2)13(14(15)19)17-12(18)7-10(3)11-5-4-6-16-8-11;/h9-11,13,16H,4-8H2,1-3H3,(H2,15,19)(H,17,18);1H. The SMILES string of the molecule is CC(C)C(NC(=O)CC(C)C1CCCNC1)C(N)=O.Cl. The van der Waals surface area contributed by atoms with Crippen molar-refractivity contribution in [3.8, 4) is 0 Å². The molecule has 5 nitrogen and oxygen atoms in total. The Balaban J connectivity index is 0.00000361. The number of primary amides is 1. The smallest absolute Gasteiger partial charge is 0.240 e. The molecule has 20 heavy (non-hydrogen) atoms. The number of piperidine rings is 1. The number of nitrogens with two attached hydrogens (primary N) is 1. The summed E-state index contributed by atoms with van der Waals surface area (Å²) in [4.78, 5) is 23.2. The van der Waals surface area contributed by atoms with Gasteiger partial charge in [0.25, 0.3) is 0 Å². The van der Waals surface area contributed by atoms with Crippen molar-refractivity contribution in [1.29, 1.82) is 0 Å². The Morgan fingerprint density at radius 1 is 1.35 bits per heavy atom. The molecule has 0 aliphatic carbocycles. The maximum Gasteiger partial charge on any atom is 0.240 e. The Hall–Kier alpha value is -0.810. The summed E-state index contributed by atoms with van der Waals surface area (Å²) in [5.41, 5.74) is 5.30. The molecular formula is C14H28ClN3O2. The molecular weight excluding hydrogens is 278 g/mol. The van der Waals surface area contributed by atoms with Gasteiger partial charge in [0.05, 0.1) is 0 Å². The molecule has 1 saturated heterocycles. The van der Waals surface area contributed by atoms with Crippen molar-refractivity contribution in [1.82, 2.24) is 10.6 Å². The molecule has 0 bridgehead atoms. The van der Waals surface area contributed by atoms with Crippen molar-refractivity contribution in [3.63, 3.8) is 0 Å². The molecule has 0 aromatic rings. The van der Waals surface area contributed by atoms with Crippen LogP contribution >= 0.6 is 12.4 Å². The third-order valence-corrected chi connectivity index (χ3v) is 3.94. The van der Waals surface area contributed by atoms with Crippen LogP contribution in [-0.4, -0.2) is 30.9 Å². The number of carbonyl (C=O) groups is 2. The Labute approximate surface area is 127 Å². The van der Waals surface area contributed by atoms with Crippen molar-refractivity contribution < 1.29 is 9.59 Å². The average Bonchev–Trinajstić information content (AvgIpc) is 2.36. The quantitative estimate of drug-likeness (QED) is 0.686. The average molecular weight is 306 g/mol. The summed E-state index contributed by atoms with van der Waals surface area (Å²) in [7, 11) is 0. The van der Waals surface area contributed by atoms with Crippen molar-refractivity contribution in [2.45, 2.75) is 46.1 Å². The molecule has 3 atom stereocenters. The van der Waals surface area contributed by atoms with Crippen LogP contribution in [0.1, 0.15) is 40.0 Å². The van der Waals surface area contributed by atoms with E-state index in [1.807, 2.05) is 13.8 Å². The van der Waals surface area contributed by atoms with Crippen molar-refractivity contribution >= 4 is 24.2 Å². The predicted molar refractivity (Wildman–Crippen MR) is 82.6 cm³/mol. The van der Waals surface area contributed by atoms with E-state index in [9.17, 15) is 9.59 Å². The number of nitrogens with one attached hydrogen (secondary N) is 2. The monoisotopic (exact) mass is 305 g/mol. The van der Waals surface area contributed by atoms with E-state index >= 15 is 0 Å². The number of halogens is 1. The van der Waals surface area contributed by atoms with Gasteiger partial charge in [-0.15, -0.1) is 12.4 Å². The minimum atomic E-state index is -0.566. The molecule has 118 valence electrons. The van der Waals surface area contributed by atoms with Crippen molar-refractivity contribution in [2.24, 2.45) is 23.5 Å². The number of hydrogen-bond donors (Lipinski definition) is 3. The molecule has 4 N–H and O–H groups in total. The number of hydrogen-bond acceptors (Lipinski definition) is 3. The van der Waals surface area contributed by atoms with Gasteiger partial charge in [-0.05, 0) is 43.7 Å². The lowest BCUT2D eigenvalue weighted by atomic mass is 9.85. The molecule has 1 rings (SSSR count). The highest BCUT2D eigenvalue weighted by atomic mass is 35.5. The summed E-state index contributed by atoms with van der Waals surface area (Å²) in [5, 5.41) is 6.11. The molecule has 0 spiro atoms. The van der Waals surface area contributed by atoms with Gasteiger partial charge in [-0.1, -0.05) is 20.8 Å². The van der Waals surface area contributed by atoms with Gasteiger partial charge in [-0.25, -0.2) is 0 Å². The van der Waals surface area contributed by atoms with E-state index in [0.29, 0.717) is 18.3 Å². The zero-order chi connectivity index (χ0) is 14.4. The Morgan fingerprint density at radius 3 is 2.45 bits per heavy atom. The zero-order valence-electron chi connectivity index (χ0n) is 12.6. The lowest BCUT2D eigenvalue weighted by molar-refractivity contribution is -0.129. The topological polar surface area (TPSA) is 84.2 Å². The normalized spacial score (nSPS) is 21.7. The summed E-state index contributed by atoms with van der Waals surface area (Å²) in [5.74, 6) is 0.359. The first-order valence-electron chi connectivity index (χ1n) is 7.21. The first-order valence-corrected chi connectivity index (χ1v) is 7.21. The van der Waals surface area contributed by atoms with Gasteiger partial charge in [0.15, 0.2) is 0 Å². The lowest BCUT2D eigenvalue weighted by Gasteiger charge is -2.28. The molecule has 1 aliphatic heterocycles. The van der Waals surface area contributed by atoms with Crippen molar-refractivity contribution in [2.75, 3.05) is 13.1 Å². The first kappa shape index (κ1) is 19.2. The third-order valence-electron chi connectivity index (χ3n) is 3.94. The second-order valence-electron chi connectivity index (χ2n) is 5.98. The molecule has 2 amide bonds. The minimum Gasteiger partial charge on any atom is -0.368 e. The van der Waals surface area contributed by atoms with Gasteiger partial charge in [-0.3, -0.25) is 9.59 Å². The number of amides is 2. The van der Waals surface area contributed by atoms with Gasteiger partial charge in [0.1, 0.15) is 6.04 Å². The molecule has 1 heterocycles. The van der Waals surface area contributed by atoms with Crippen LogP contribution in [0.15, 0.2) is 0 Å². The largest absolute Gasteiger partial charge is 0.368 e. The zero-order valence-corrected chi connectivity index (χ0v) is 13.5. The highest BCUT2D eigenvalue weighted by molar-refractivity contribution is 5.86. The van der Waals surface area contributed by atoms with E-state index in [0.717, 1.165) is 13.1 Å². The van der Waals surface area contributed by atoms with E-state index in [-0.39, 0.29) is 24.2 Å². The highest BCUT2D eigenvalue weighted by Gasteiger charge is 2.25. The fraction of sp³-hybridized carbons (Fsp3) is 0.857. The van der Waals surface area contributed by atoms with Gasteiger partial charge in [0, 0.05) is 6.42 Å². The molecule has 6 heteroatoms. The Kier molecular flexibility index (Phi) is 8.81. The van der Waals surface area contributed by atoms with Crippen LogP contribution in [0.4, 0.5) is 0 Å². The van der Waals surface area contributed by atoms with E-state index < -0.39 is 11.9 Å². The number of rotatable bonds is 6. The Bertz CT molecular complexity index is 318. The van der Waals surface area contributed by atoms with E-state index in [1.54, 1.807) is 0 Å². The first-order chi connectivity index (χ1) is 8.91. The fourth-order valence-electron chi connectivity index (χ4n) is 2.62. The van der Waals surface area contributed by atoms with Gasteiger partial charge >= 0.3 is 0 Å². The molecule has 0 aromatic carbocycles. The van der Waals surface area contributed by atoms with Gasteiger partial charge < -0.3 is 16.4 Å². The van der Waals surface area contributed by atoms with E-state index in [4.69, 9.17) is 5.73 Å². The predicted octanol–water partition coefficient (Wildman–Crippen LogP) is 1.06. The van der Waals surface area contributed by atoms with Crippen LogP contribution in [0.2, 0.25) is 0 Å². The molecule has 3 unspecified atom stereocenters. The van der Waals surface area contributed by atoms with Crippen LogP contribution in [0.25, 0.3) is 0 Å². The summed E-state index contributed by atoms with van der Waals surface area (Å²) >= 11 is 0. The molecule has 0 radical (unpaired) electrons. The molecule has 1 aliphatic rings. The summed E-state index contributed by atoms with van der Waals surface area (Å²) < 4.78 is 0. The minimum absolute atomic E-state index is 0. The molecule has 0 aromatic heterocycles. The van der Waals surface area contributed by atoms with Crippen LogP contribution in [0.3, 0.4) is 0 Å². The van der Waals surface area contributed by atoms with Gasteiger partial charge in [0.2, 0.25) is 11.8 Å². The van der Waals surface area contributed by atoms with Crippen LogP contribution in [-0.2, 0) is 9.59 Å². The third kappa shape index (κ3) is 6.09. The van der Waals surface area contributed by atoms with Gasteiger partial charge in [-0.2, -0.15) is 0 Å². The highest BCUT2D eigenvalue weighted by Crippen LogP contribution is 2.22. The maximum atomic E-state index is 12.0. The summed E-state index contributed by atoms with van der Waals surface area (Å²) in [6.07, 6.45) is 2.81. The second kappa shape index (κ2) is 9.19. The lowest BCUT2D eigenvalue weighted by Crippen LogP contribution is -2.48. The van der Waals surface area contributed by atoms with E-state index in [1.165, 1.54) is 12.8 Å². The molecule has 1 fully saturated rings. The summed E-state index contributed by atoms with van der Waals surface area (Å²) in [6.45, 7) is 7.92. The Morgan fingerprint density at radius 2 is 2.00 bits per heavy atom. The fourth-order valence-corrected chi connectivity index (χ4v) is 2.62. The van der Waals surface area contributed by atoms with Crippen LogP contribution in [0.5, 0.6) is 0 Å². The van der Waals surface area contributed by atoms with Crippen LogP contribution in [0, 0.1) is 17.8 Å². The van der Waals surface area contributed by atoms with Crippen molar-refractivity contribution in [3.05, 3.63) is 0 Å². The maximum absolute atomic E-state index is 12.0. The molecule has 0 saturated carbocycles.